The third kappa shape index (κ3) is 4.62. The number of benzene rings is 1. The summed E-state index contributed by atoms with van der Waals surface area (Å²) >= 11 is 0. The second-order valence-corrected chi connectivity index (χ2v) is 6.53. The Labute approximate surface area is 160 Å². The van der Waals surface area contributed by atoms with Crippen LogP contribution in [-0.2, 0) is 0 Å². The summed E-state index contributed by atoms with van der Waals surface area (Å²) in [5.74, 6) is 0.752. The lowest BCUT2D eigenvalue weighted by Crippen LogP contribution is -2.27. The first-order valence-electron chi connectivity index (χ1n) is 8.70. The van der Waals surface area contributed by atoms with Crippen molar-refractivity contribution in [3.05, 3.63) is 35.9 Å². The molecule has 1 unspecified atom stereocenters. The van der Waals surface area contributed by atoms with Crippen LogP contribution >= 0.6 is 12.4 Å². The molecule has 1 aliphatic rings. The molecule has 0 saturated carbocycles. The van der Waals surface area contributed by atoms with Crippen molar-refractivity contribution in [1.29, 1.82) is 0 Å². The molecule has 2 heterocycles. The van der Waals surface area contributed by atoms with Crippen LogP contribution in [0.2, 0.25) is 0 Å². The van der Waals surface area contributed by atoms with E-state index >= 15 is 0 Å². The van der Waals surface area contributed by atoms with Gasteiger partial charge in [-0.25, -0.2) is 14.4 Å². The van der Waals surface area contributed by atoms with Gasteiger partial charge in [0, 0.05) is 36.0 Å². The quantitative estimate of drug-likeness (QED) is 0.823. The fraction of sp³-hybridized carbons (Fsp3) is 0.474. The average molecular weight is 381 g/mol. The van der Waals surface area contributed by atoms with Crippen LogP contribution in [0.5, 0.6) is 5.75 Å². The highest BCUT2D eigenvalue weighted by atomic mass is 35.5. The molecule has 0 amide bonds. The van der Waals surface area contributed by atoms with Crippen molar-refractivity contribution in [2.24, 2.45) is 0 Å². The summed E-state index contributed by atoms with van der Waals surface area (Å²) in [4.78, 5) is 11.2. The van der Waals surface area contributed by atoms with Gasteiger partial charge in [0.25, 0.3) is 0 Å². The fourth-order valence-corrected chi connectivity index (χ4v) is 3.35. The Kier molecular flexibility index (Phi) is 7.17. The maximum atomic E-state index is 14.3. The van der Waals surface area contributed by atoms with E-state index < -0.39 is 0 Å². The predicted molar refractivity (Wildman–Crippen MR) is 105 cm³/mol. The average Bonchev–Trinajstić information content (AvgIpc) is 3.00. The Hall–Kier alpha value is -1.92. The molecule has 26 heavy (non-hydrogen) atoms. The molecule has 1 saturated heterocycles. The van der Waals surface area contributed by atoms with Gasteiger partial charge in [-0.3, -0.25) is 0 Å². The van der Waals surface area contributed by atoms with Crippen molar-refractivity contribution >= 4 is 18.4 Å². The van der Waals surface area contributed by atoms with Gasteiger partial charge in [0.15, 0.2) is 0 Å². The van der Waals surface area contributed by atoms with Crippen LogP contribution < -0.4 is 10.1 Å². The molecule has 7 heteroatoms. The van der Waals surface area contributed by atoms with Crippen molar-refractivity contribution in [2.45, 2.75) is 32.2 Å². The lowest BCUT2D eigenvalue weighted by atomic mass is 10.1. The molecular formula is C19H26ClFN4O. The molecule has 1 fully saturated rings. The molecule has 1 N–H and O–H groups in total. The number of likely N-dealkylation sites (tertiary alicyclic amines) is 1. The number of aryl methyl sites for hydroxylation is 1. The molecule has 2 aromatic rings. The molecule has 5 nitrogen and oxygen atoms in total. The molecule has 0 bridgehead atoms. The highest BCUT2D eigenvalue weighted by Gasteiger charge is 2.20. The molecule has 1 atom stereocenters. The van der Waals surface area contributed by atoms with E-state index in [1.165, 1.54) is 32.6 Å². The second-order valence-electron chi connectivity index (χ2n) is 6.53. The molecule has 1 aromatic heterocycles. The minimum absolute atomic E-state index is 0. The van der Waals surface area contributed by atoms with E-state index in [-0.39, 0.29) is 18.2 Å². The van der Waals surface area contributed by atoms with Gasteiger partial charge < -0.3 is 15.0 Å². The fourth-order valence-electron chi connectivity index (χ4n) is 3.35. The summed E-state index contributed by atoms with van der Waals surface area (Å²) in [6, 6.07) is 5.45. The first kappa shape index (κ1) is 20.4. The molecule has 142 valence electrons. The standard InChI is InChI=1S/C19H25FN4O.ClH/c1-13-17(16-7-6-15(25-3)11-18(16)20)12-22-19(23-13)21-9-8-14-5-4-10-24(14)2;/h6-7,11-12,14H,4-5,8-10H2,1-3H3,(H,21,22,23);1H. The lowest BCUT2D eigenvalue weighted by molar-refractivity contribution is 0.301. The number of hydrogen-bond acceptors (Lipinski definition) is 5. The highest BCUT2D eigenvalue weighted by Crippen LogP contribution is 2.28. The number of halogens is 2. The zero-order valence-corrected chi connectivity index (χ0v) is 16.3. The molecule has 0 radical (unpaired) electrons. The number of hydrogen-bond donors (Lipinski definition) is 1. The minimum atomic E-state index is -0.337. The Morgan fingerprint density at radius 2 is 2.15 bits per heavy atom. The molecule has 1 aliphatic heterocycles. The SMILES string of the molecule is COc1ccc(-c2cnc(NCCC3CCCN3C)nc2C)c(F)c1.Cl. The summed E-state index contributed by atoms with van der Waals surface area (Å²) in [6.07, 6.45) is 5.29. The summed E-state index contributed by atoms with van der Waals surface area (Å²) in [6.45, 7) is 3.89. The maximum absolute atomic E-state index is 14.3. The van der Waals surface area contributed by atoms with E-state index in [2.05, 4.69) is 27.2 Å². The van der Waals surface area contributed by atoms with Crippen molar-refractivity contribution in [1.82, 2.24) is 14.9 Å². The first-order valence-corrected chi connectivity index (χ1v) is 8.70. The summed E-state index contributed by atoms with van der Waals surface area (Å²) < 4.78 is 19.3. The number of rotatable bonds is 6. The highest BCUT2D eigenvalue weighted by molar-refractivity contribution is 5.85. The van der Waals surface area contributed by atoms with Gasteiger partial charge in [-0.05, 0) is 51.9 Å². The zero-order chi connectivity index (χ0) is 17.8. The molecule has 0 spiro atoms. The van der Waals surface area contributed by atoms with Crippen molar-refractivity contribution in [3.63, 3.8) is 0 Å². The zero-order valence-electron chi connectivity index (χ0n) is 15.5. The van der Waals surface area contributed by atoms with E-state index in [1.54, 1.807) is 18.3 Å². The van der Waals surface area contributed by atoms with Crippen LogP contribution in [0, 0.1) is 12.7 Å². The smallest absolute Gasteiger partial charge is 0.222 e. The van der Waals surface area contributed by atoms with Crippen LogP contribution in [0.25, 0.3) is 11.1 Å². The van der Waals surface area contributed by atoms with Gasteiger partial charge in [-0.1, -0.05) is 0 Å². The molecule has 3 rings (SSSR count). The first-order chi connectivity index (χ1) is 12.1. The van der Waals surface area contributed by atoms with Gasteiger partial charge in [0.2, 0.25) is 5.95 Å². The van der Waals surface area contributed by atoms with E-state index in [0.717, 1.165) is 18.7 Å². The van der Waals surface area contributed by atoms with Crippen LogP contribution in [0.3, 0.4) is 0 Å². The number of aromatic nitrogens is 2. The monoisotopic (exact) mass is 380 g/mol. The van der Waals surface area contributed by atoms with Crippen LogP contribution in [0.1, 0.15) is 25.0 Å². The normalized spacial score (nSPS) is 17.0. The summed E-state index contributed by atoms with van der Waals surface area (Å²) in [7, 11) is 3.70. The molecular weight excluding hydrogens is 355 g/mol. The van der Waals surface area contributed by atoms with Crippen molar-refractivity contribution in [3.8, 4) is 16.9 Å². The minimum Gasteiger partial charge on any atom is -0.497 e. The van der Waals surface area contributed by atoms with Gasteiger partial charge in [0.05, 0.1) is 12.8 Å². The molecule has 1 aromatic carbocycles. The van der Waals surface area contributed by atoms with Gasteiger partial charge in [-0.15, -0.1) is 12.4 Å². The van der Waals surface area contributed by atoms with Gasteiger partial charge in [-0.2, -0.15) is 0 Å². The van der Waals surface area contributed by atoms with Crippen LogP contribution in [-0.4, -0.2) is 48.2 Å². The topological polar surface area (TPSA) is 50.3 Å². The van der Waals surface area contributed by atoms with Crippen molar-refractivity contribution in [2.75, 3.05) is 32.6 Å². The van der Waals surface area contributed by atoms with E-state index in [4.69, 9.17) is 4.74 Å². The largest absolute Gasteiger partial charge is 0.497 e. The second kappa shape index (κ2) is 9.14. The van der Waals surface area contributed by atoms with Crippen LogP contribution in [0.4, 0.5) is 10.3 Å². The van der Waals surface area contributed by atoms with Crippen LogP contribution in [0.15, 0.2) is 24.4 Å². The maximum Gasteiger partial charge on any atom is 0.222 e. The summed E-state index contributed by atoms with van der Waals surface area (Å²) in [5.41, 5.74) is 1.93. The Bertz CT molecular complexity index is 743. The molecule has 0 aliphatic carbocycles. The third-order valence-corrected chi connectivity index (χ3v) is 4.88. The van der Waals surface area contributed by atoms with E-state index in [0.29, 0.717) is 28.9 Å². The summed E-state index contributed by atoms with van der Waals surface area (Å²) in [5, 5.41) is 3.28. The number of anilines is 1. The van der Waals surface area contributed by atoms with Gasteiger partial charge >= 0.3 is 0 Å². The Morgan fingerprint density at radius 1 is 1.35 bits per heavy atom. The number of nitrogens with zero attached hydrogens (tertiary/aromatic N) is 3. The Balaban J connectivity index is 0.00000243. The number of ether oxygens (including phenoxy) is 1. The number of nitrogens with one attached hydrogen (secondary N) is 1. The predicted octanol–water partition coefficient (Wildman–Crippen LogP) is 3.92. The van der Waals surface area contributed by atoms with Crippen molar-refractivity contribution < 1.29 is 9.13 Å². The third-order valence-electron chi connectivity index (χ3n) is 4.88. The van der Waals surface area contributed by atoms with Gasteiger partial charge in [0.1, 0.15) is 11.6 Å². The number of methoxy groups -OCH3 is 1. The van der Waals surface area contributed by atoms with E-state index in [9.17, 15) is 4.39 Å². The lowest BCUT2D eigenvalue weighted by Gasteiger charge is -2.19. The van der Waals surface area contributed by atoms with E-state index in [1.807, 2.05) is 6.92 Å². The Morgan fingerprint density at radius 3 is 2.77 bits per heavy atom.